The van der Waals surface area contributed by atoms with E-state index in [9.17, 15) is 19.4 Å². The second kappa shape index (κ2) is 9.39. The van der Waals surface area contributed by atoms with E-state index in [0.29, 0.717) is 12.8 Å². The molecule has 0 aromatic carbocycles. The fourth-order valence-corrected chi connectivity index (χ4v) is 2.97. The summed E-state index contributed by atoms with van der Waals surface area (Å²) in [6.45, 7) is -0.370. The van der Waals surface area contributed by atoms with Gasteiger partial charge in [0.2, 0.25) is 0 Å². The Balaban J connectivity index is 2.19. The van der Waals surface area contributed by atoms with Crippen LogP contribution in [0.25, 0.3) is 0 Å². The molecule has 1 aliphatic rings. The number of phosphoric acid groups is 1. The third-order valence-electron chi connectivity index (χ3n) is 3.89. The molecule has 10 nitrogen and oxygen atoms in total. The van der Waals surface area contributed by atoms with Gasteiger partial charge in [-0.15, -0.1) is 12.3 Å². The van der Waals surface area contributed by atoms with Gasteiger partial charge in [-0.2, -0.15) is 4.57 Å². The van der Waals surface area contributed by atoms with Gasteiger partial charge in [-0.05, 0) is 12.5 Å². The Labute approximate surface area is 156 Å². The summed E-state index contributed by atoms with van der Waals surface area (Å²) in [5, 5.41) is 10.5. The fourth-order valence-electron chi connectivity index (χ4n) is 2.63. The maximum absolute atomic E-state index is 11.4. The lowest BCUT2D eigenvalue weighted by Crippen LogP contribution is -2.47. The molecule has 0 aliphatic carbocycles. The molecule has 1 saturated heterocycles. The fraction of sp³-hybridized carbons (Fsp3) is 0.500. The normalized spacial score (nSPS) is 27.0. The van der Waals surface area contributed by atoms with E-state index in [1.807, 2.05) is 0 Å². The molecule has 11 heteroatoms. The van der Waals surface area contributed by atoms with E-state index < -0.39 is 44.9 Å². The average molecular weight is 400 g/mol. The molecule has 2 rings (SSSR count). The molecule has 0 bridgehead atoms. The third kappa shape index (κ3) is 6.09. The van der Waals surface area contributed by atoms with Crippen LogP contribution in [0.2, 0.25) is 0 Å². The Bertz CT molecular complexity index is 746. The SMILES string of the molecule is C#CCCCO[C@@H]1[C@H](O)[C@@H](COP(=O)([O-])O)O[C@H]1[n+]1cccc(C(N)=O)c1. The van der Waals surface area contributed by atoms with Crippen molar-refractivity contribution in [1.29, 1.82) is 0 Å². The van der Waals surface area contributed by atoms with Gasteiger partial charge in [0.25, 0.3) is 20.0 Å². The second-order valence-electron chi connectivity index (χ2n) is 5.87. The molecular weight excluding hydrogens is 379 g/mol. The number of aliphatic hydroxyl groups is 1. The smallest absolute Gasteiger partial charge is 0.292 e. The minimum Gasteiger partial charge on any atom is -0.756 e. The van der Waals surface area contributed by atoms with E-state index in [0.717, 1.165) is 0 Å². The highest BCUT2D eigenvalue weighted by Crippen LogP contribution is 2.34. The first-order chi connectivity index (χ1) is 12.7. The number of phosphoric ester groups is 1. The largest absolute Gasteiger partial charge is 0.756 e. The number of hydrogen-bond donors (Lipinski definition) is 3. The van der Waals surface area contributed by atoms with Crippen LogP contribution in [-0.2, 0) is 18.6 Å². The van der Waals surface area contributed by atoms with E-state index in [-0.39, 0.29) is 12.2 Å². The predicted octanol–water partition coefficient (Wildman–Crippen LogP) is -1.39. The van der Waals surface area contributed by atoms with Gasteiger partial charge in [-0.25, -0.2) is 0 Å². The zero-order valence-electron chi connectivity index (χ0n) is 14.3. The van der Waals surface area contributed by atoms with Crippen molar-refractivity contribution < 1.29 is 42.8 Å². The minimum atomic E-state index is -4.98. The Morgan fingerprint density at radius 1 is 1.56 bits per heavy atom. The van der Waals surface area contributed by atoms with Crippen LogP contribution in [0.1, 0.15) is 29.4 Å². The summed E-state index contributed by atoms with van der Waals surface area (Å²) in [7, 11) is -4.98. The van der Waals surface area contributed by atoms with E-state index in [1.54, 1.807) is 12.3 Å². The van der Waals surface area contributed by atoms with Crippen LogP contribution in [0.5, 0.6) is 0 Å². The summed E-state index contributed by atoms with van der Waals surface area (Å²) in [6.07, 6.45) is 5.10. The Morgan fingerprint density at radius 2 is 2.30 bits per heavy atom. The molecule has 1 aromatic heterocycles. The average Bonchev–Trinajstić information content (AvgIpc) is 2.92. The van der Waals surface area contributed by atoms with Crippen molar-refractivity contribution in [2.75, 3.05) is 13.2 Å². The van der Waals surface area contributed by atoms with Gasteiger partial charge in [0.1, 0.15) is 17.8 Å². The number of unbranched alkanes of at least 4 members (excludes halogenated alkanes) is 1. The number of aliphatic hydroxyl groups excluding tert-OH is 1. The quantitative estimate of drug-likeness (QED) is 0.198. The summed E-state index contributed by atoms with van der Waals surface area (Å²) < 4.78 is 27.9. The van der Waals surface area contributed by atoms with Gasteiger partial charge in [-0.3, -0.25) is 9.36 Å². The molecule has 1 amide bonds. The topological polar surface area (TPSA) is 155 Å². The highest BCUT2D eigenvalue weighted by molar-refractivity contribution is 7.44. The maximum atomic E-state index is 11.4. The molecule has 1 aromatic rings. The minimum absolute atomic E-state index is 0.209. The van der Waals surface area contributed by atoms with Crippen LogP contribution < -0.4 is 15.2 Å². The standard InChI is InChI=1S/C16H21N2O8P/c1-2-3-4-8-24-14-13(19)12(10-25-27(21,22)23)26-16(14)18-7-5-6-11(9-18)15(17)20/h1,5-7,9,12-14,16,19H,3-4,8,10H2,(H3-,17,20,21,22,23)/t12-,13-,14-,16-/m1/s1. The first-order valence-electron chi connectivity index (χ1n) is 8.10. The Hall–Kier alpha value is -1.83. The van der Waals surface area contributed by atoms with E-state index >= 15 is 0 Å². The third-order valence-corrected chi connectivity index (χ3v) is 4.37. The second-order valence-corrected chi connectivity index (χ2v) is 7.06. The Morgan fingerprint density at radius 3 is 2.93 bits per heavy atom. The summed E-state index contributed by atoms with van der Waals surface area (Å²) in [5.74, 6) is 1.82. The lowest BCUT2D eigenvalue weighted by molar-refractivity contribution is -0.766. The van der Waals surface area contributed by atoms with Gasteiger partial charge < -0.3 is 34.6 Å². The molecule has 1 fully saturated rings. The van der Waals surface area contributed by atoms with Crippen molar-refractivity contribution in [2.24, 2.45) is 5.73 Å². The zero-order valence-corrected chi connectivity index (χ0v) is 15.2. The van der Waals surface area contributed by atoms with Crippen LogP contribution in [-0.4, -0.2) is 47.4 Å². The predicted molar refractivity (Wildman–Crippen MR) is 88.7 cm³/mol. The van der Waals surface area contributed by atoms with Gasteiger partial charge in [0, 0.05) is 19.1 Å². The number of rotatable bonds is 9. The first-order valence-corrected chi connectivity index (χ1v) is 9.60. The summed E-state index contributed by atoms with van der Waals surface area (Å²) in [5.41, 5.74) is 5.48. The highest BCUT2D eigenvalue weighted by atomic mass is 31.2. The number of primary amides is 1. The number of nitrogens with two attached hydrogens (primary N) is 1. The summed E-state index contributed by atoms with van der Waals surface area (Å²) >= 11 is 0. The summed E-state index contributed by atoms with van der Waals surface area (Å²) in [6, 6.07) is 3.07. The van der Waals surface area contributed by atoms with Crippen molar-refractivity contribution >= 4 is 13.7 Å². The number of nitrogens with zero attached hydrogens (tertiary/aromatic N) is 1. The number of carbonyl (C=O) groups excluding carboxylic acids is 1. The molecule has 0 saturated carbocycles. The maximum Gasteiger partial charge on any atom is 0.292 e. The lowest BCUT2D eigenvalue weighted by atomic mass is 10.1. The molecule has 27 heavy (non-hydrogen) atoms. The van der Waals surface area contributed by atoms with Crippen molar-refractivity contribution in [3.8, 4) is 12.3 Å². The molecule has 0 radical (unpaired) electrons. The molecule has 5 atom stereocenters. The molecule has 0 spiro atoms. The number of carbonyl (C=O) groups is 1. The molecule has 1 aliphatic heterocycles. The number of terminal acetylenes is 1. The molecule has 148 valence electrons. The van der Waals surface area contributed by atoms with Crippen molar-refractivity contribution in [3.05, 3.63) is 30.1 Å². The van der Waals surface area contributed by atoms with Crippen LogP contribution in [0.15, 0.2) is 24.5 Å². The number of pyridine rings is 1. The van der Waals surface area contributed by atoms with Crippen molar-refractivity contribution in [1.82, 2.24) is 0 Å². The molecular formula is C16H21N2O8P. The first kappa shape index (κ1) is 21.5. The number of amides is 1. The van der Waals surface area contributed by atoms with Gasteiger partial charge >= 0.3 is 0 Å². The van der Waals surface area contributed by atoms with Gasteiger partial charge in [0.05, 0.1) is 6.61 Å². The van der Waals surface area contributed by atoms with E-state index in [2.05, 4.69) is 10.4 Å². The van der Waals surface area contributed by atoms with Crippen LogP contribution in [0.3, 0.4) is 0 Å². The molecule has 4 N–H and O–H groups in total. The highest BCUT2D eigenvalue weighted by Gasteiger charge is 2.50. The summed E-state index contributed by atoms with van der Waals surface area (Å²) in [4.78, 5) is 30.9. The Kier molecular flexibility index (Phi) is 7.47. The van der Waals surface area contributed by atoms with Crippen LogP contribution >= 0.6 is 7.82 Å². The van der Waals surface area contributed by atoms with Gasteiger partial charge in [0.15, 0.2) is 18.5 Å². The van der Waals surface area contributed by atoms with Gasteiger partial charge in [-0.1, -0.05) is 0 Å². The van der Waals surface area contributed by atoms with Crippen molar-refractivity contribution in [3.63, 3.8) is 0 Å². The van der Waals surface area contributed by atoms with E-state index in [4.69, 9.17) is 26.5 Å². The molecule has 2 heterocycles. The monoisotopic (exact) mass is 400 g/mol. The number of aromatic nitrogens is 1. The van der Waals surface area contributed by atoms with E-state index in [1.165, 1.54) is 16.8 Å². The number of ether oxygens (including phenoxy) is 2. The van der Waals surface area contributed by atoms with Crippen molar-refractivity contribution in [2.45, 2.75) is 37.4 Å². The number of hydrogen-bond acceptors (Lipinski definition) is 7. The lowest BCUT2D eigenvalue weighted by Gasteiger charge is -2.20. The molecule has 1 unspecified atom stereocenters. The van der Waals surface area contributed by atoms with Crippen LogP contribution in [0.4, 0.5) is 0 Å². The zero-order chi connectivity index (χ0) is 20.0. The van der Waals surface area contributed by atoms with Crippen LogP contribution in [0, 0.1) is 12.3 Å².